The third kappa shape index (κ3) is 2.63. The minimum absolute atomic E-state index is 0.320. The largest absolute Gasteiger partial charge is 0.493 e. The summed E-state index contributed by atoms with van der Waals surface area (Å²) in [5.41, 5.74) is 1.94. The van der Waals surface area contributed by atoms with Gasteiger partial charge in [-0.05, 0) is 32.9 Å². The number of pyridine rings is 1. The number of rotatable bonds is 4. The van der Waals surface area contributed by atoms with Gasteiger partial charge in [0.25, 0.3) is 0 Å². The fourth-order valence-electron chi connectivity index (χ4n) is 2.41. The van der Waals surface area contributed by atoms with Gasteiger partial charge in [0.2, 0.25) is 0 Å². The van der Waals surface area contributed by atoms with Crippen LogP contribution in [0.2, 0.25) is 0 Å². The molecule has 0 amide bonds. The van der Waals surface area contributed by atoms with E-state index >= 15 is 0 Å². The molecule has 1 heterocycles. The topological polar surface area (TPSA) is 57.7 Å². The van der Waals surface area contributed by atoms with Crippen molar-refractivity contribution in [3.05, 3.63) is 29.1 Å². The first-order valence-corrected chi connectivity index (χ1v) is 6.73. The second-order valence-corrected chi connectivity index (χ2v) is 4.63. The van der Waals surface area contributed by atoms with Crippen LogP contribution in [-0.4, -0.2) is 31.8 Å². The number of carbonyl (C=O) groups is 1. The van der Waals surface area contributed by atoms with Crippen molar-refractivity contribution in [1.82, 2.24) is 4.98 Å². The van der Waals surface area contributed by atoms with E-state index in [0.717, 1.165) is 16.5 Å². The van der Waals surface area contributed by atoms with Gasteiger partial charge in [-0.3, -0.25) is 4.98 Å². The molecule has 0 spiro atoms. The first-order chi connectivity index (χ1) is 10.0. The van der Waals surface area contributed by atoms with E-state index in [-0.39, 0.29) is 5.97 Å². The van der Waals surface area contributed by atoms with Crippen LogP contribution < -0.4 is 9.47 Å². The molecule has 0 aliphatic carbocycles. The normalized spacial score (nSPS) is 10.5. The number of benzene rings is 1. The van der Waals surface area contributed by atoms with E-state index in [2.05, 4.69) is 4.98 Å². The maximum absolute atomic E-state index is 12.2. The lowest BCUT2D eigenvalue weighted by Crippen LogP contribution is -2.10. The first kappa shape index (κ1) is 15.1. The summed E-state index contributed by atoms with van der Waals surface area (Å²) in [5.74, 6) is 0.800. The van der Waals surface area contributed by atoms with E-state index in [0.29, 0.717) is 29.4 Å². The molecule has 0 saturated heterocycles. The number of aromatic nitrogens is 1. The number of aryl methyl sites for hydroxylation is 2. The summed E-state index contributed by atoms with van der Waals surface area (Å²) < 4.78 is 15.8. The van der Waals surface area contributed by atoms with Gasteiger partial charge in [0.15, 0.2) is 11.5 Å². The third-order valence-corrected chi connectivity index (χ3v) is 3.36. The molecule has 0 saturated carbocycles. The van der Waals surface area contributed by atoms with Gasteiger partial charge in [0, 0.05) is 16.5 Å². The Bertz CT molecular complexity index is 694. The van der Waals surface area contributed by atoms with E-state index in [1.807, 2.05) is 13.0 Å². The molecule has 2 aromatic rings. The minimum Gasteiger partial charge on any atom is -0.493 e. The van der Waals surface area contributed by atoms with E-state index in [1.165, 1.54) is 0 Å². The van der Waals surface area contributed by atoms with Gasteiger partial charge in [-0.2, -0.15) is 0 Å². The van der Waals surface area contributed by atoms with Gasteiger partial charge in [0.05, 0.1) is 32.1 Å². The van der Waals surface area contributed by atoms with Crippen LogP contribution in [0, 0.1) is 13.8 Å². The number of hydrogen-bond donors (Lipinski definition) is 0. The number of methoxy groups -OCH3 is 2. The Labute approximate surface area is 123 Å². The Morgan fingerprint density at radius 2 is 1.62 bits per heavy atom. The van der Waals surface area contributed by atoms with Crippen LogP contribution in [0.25, 0.3) is 10.8 Å². The zero-order chi connectivity index (χ0) is 15.6. The Kier molecular flexibility index (Phi) is 4.31. The van der Waals surface area contributed by atoms with Crippen molar-refractivity contribution in [3.63, 3.8) is 0 Å². The highest BCUT2D eigenvalue weighted by molar-refractivity contribution is 6.06. The van der Waals surface area contributed by atoms with Crippen LogP contribution in [0.5, 0.6) is 11.5 Å². The molecule has 1 aromatic carbocycles. The van der Waals surface area contributed by atoms with Gasteiger partial charge < -0.3 is 14.2 Å². The van der Waals surface area contributed by atoms with Gasteiger partial charge in [-0.25, -0.2) is 4.79 Å². The summed E-state index contributed by atoms with van der Waals surface area (Å²) in [6, 6.07) is 3.63. The van der Waals surface area contributed by atoms with E-state index < -0.39 is 0 Å². The zero-order valence-corrected chi connectivity index (χ0v) is 12.9. The highest BCUT2D eigenvalue weighted by atomic mass is 16.5. The van der Waals surface area contributed by atoms with Crippen LogP contribution in [0.15, 0.2) is 12.1 Å². The van der Waals surface area contributed by atoms with Crippen molar-refractivity contribution in [2.45, 2.75) is 20.8 Å². The molecule has 112 valence electrons. The predicted molar refractivity (Wildman–Crippen MR) is 80.3 cm³/mol. The van der Waals surface area contributed by atoms with Crippen molar-refractivity contribution >= 4 is 16.7 Å². The van der Waals surface area contributed by atoms with Crippen LogP contribution in [0.3, 0.4) is 0 Å². The molecular weight excluding hydrogens is 270 g/mol. The SMILES string of the molecule is CCOC(=O)c1c(C)nc(C)c2cc(OC)c(OC)cc12. The summed E-state index contributed by atoms with van der Waals surface area (Å²) in [4.78, 5) is 16.6. The smallest absolute Gasteiger partial charge is 0.340 e. The first-order valence-electron chi connectivity index (χ1n) is 6.73. The lowest BCUT2D eigenvalue weighted by molar-refractivity contribution is 0.0527. The molecule has 1 aromatic heterocycles. The standard InChI is InChI=1S/C16H19NO4/c1-6-21-16(18)15-10(3)17-9(2)11-7-13(19-4)14(20-5)8-12(11)15/h7-8H,6H2,1-5H3. The third-order valence-electron chi connectivity index (χ3n) is 3.36. The lowest BCUT2D eigenvalue weighted by atomic mass is 10.0. The van der Waals surface area contributed by atoms with Gasteiger partial charge >= 0.3 is 5.97 Å². The fraction of sp³-hybridized carbons (Fsp3) is 0.375. The summed E-state index contributed by atoms with van der Waals surface area (Å²) in [7, 11) is 3.14. The van der Waals surface area contributed by atoms with Crippen molar-refractivity contribution < 1.29 is 19.0 Å². The van der Waals surface area contributed by atoms with Crippen LogP contribution in [0.1, 0.15) is 28.7 Å². The molecule has 0 aliphatic heterocycles. The molecule has 2 rings (SSSR count). The Hall–Kier alpha value is -2.30. The second-order valence-electron chi connectivity index (χ2n) is 4.63. The second kappa shape index (κ2) is 5.99. The molecule has 0 radical (unpaired) electrons. The summed E-state index contributed by atoms with van der Waals surface area (Å²) in [6.07, 6.45) is 0. The molecule has 0 fully saturated rings. The molecule has 5 heteroatoms. The van der Waals surface area contributed by atoms with Crippen LogP contribution >= 0.6 is 0 Å². The van der Waals surface area contributed by atoms with Crippen molar-refractivity contribution in [1.29, 1.82) is 0 Å². The van der Waals surface area contributed by atoms with Gasteiger partial charge in [-0.1, -0.05) is 0 Å². The Morgan fingerprint density at radius 3 is 2.14 bits per heavy atom. The molecular formula is C16H19NO4. The summed E-state index contributed by atoms with van der Waals surface area (Å²) in [6.45, 7) is 5.80. The number of ether oxygens (including phenoxy) is 3. The van der Waals surface area contributed by atoms with E-state index in [9.17, 15) is 4.79 Å². The predicted octanol–water partition coefficient (Wildman–Crippen LogP) is 3.05. The number of esters is 1. The maximum atomic E-state index is 12.2. The maximum Gasteiger partial charge on any atom is 0.340 e. The summed E-state index contributed by atoms with van der Waals surface area (Å²) in [5, 5.41) is 1.61. The average Bonchev–Trinajstić information content (AvgIpc) is 2.46. The fourth-order valence-corrected chi connectivity index (χ4v) is 2.41. The van der Waals surface area contributed by atoms with Crippen molar-refractivity contribution in [3.8, 4) is 11.5 Å². The van der Waals surface area contributed by atoms with Gasteiger partial charge in [-0.15, -0.1) is 0 Å². The van der Waals surface area contributed by atoms with Crippen LogP contribution in [-0.2, 0) is 4.74 Å². The van der Waals surface area contributed by atoms with Crippen molar-refractivity contribution in [2.24, 2.45) is 0 Å². The molecule has 21 heavy (non-hydrogen) atoms. The molecule has 5 nitrogen and oxygen atoms in total. The minimum atomic E-state index is -0.375. The Balaban J connectivity index is 2.82. The molecule has 0 atom stereocenters. The summed E-state index contributed by atoms with van der Waals surface area (Å²) >= 11 is 0. The number of nitrogens with zero attached hydrogens (tertiary/aromatic N) is 1. The average molecular weight is 289 g/mol. The highest BCUT2D eigenvalue weighted by Crippen LogP contribution is 2.35. The number of fused-ring (bicyclic) bond motifs is 1. The Morgan fingerprint density at radius 1 is 1.05 bits per heavy atom. The van der Waals surface area contributed by atoms with Gasteiger partial charge in [0.1, 0.15) is 0 Å². The zero-order valence-electron chi connectivity index (χ0n) is 12.9. The highest BCUT2D eigenvalue weighted by Gasteiger charge is 2.19. The molecule has 0 N–H and O–H groups in total. The monoisotopic (exact) mass is 289 g/mol. The van der Waals surface area contributed by atoms with Crippen LogP contribution in [0.4, 0.5) is 0 Å². The molecule has 0 aliphatic rings. The lowest BCUT2D eigenvalue weighted by Gasteiger charge is -2.14. The quantitative estimate of drug-likeness (QED) is 0.810. The number of hydrogen-bond acceptors (Lipinski definition) is 5. The number of carbonyl (C=O) groups excluding carboxylic acids is 1. The van der Waals surface area contributed by atoms with E-state index in [1.54, 1.807) is 34.1 Å². The molecule has 0 unspecified atom stereocenters. The molecule has 0 bridgehead atoms. The van der Waals surface area contributed by atoms with Crippen molar-refractivity contribution in [2.75, 3.05) is 20.8 Å². The van der Waals surface area contributed by atoms with E-state index in [4.69, 9.17) is 14.2 Å².